The van der Waals surface area contributed by atoms with Crippen molar-refractivity contribution < 1.29 is 14.7 Å². The van der Waals surface area contributed by atoms with Gasteiger partial charge in [0.15, 0.2) is 5.78 Å². The zero-order valence-corrected chi connectivity index (χ0v) is 15.6. The molecule has 0 aliphatic rings. The van der Waals surface area contributed by atoms with Crippen LogP contribution in [0.2, 0.25) is 5.02 Å². The van der Waals surface area contributed by atoms with Gasteiger partial charge in [0, 0.05) is 16.1 Å². The minimum Gasteiger partial charge on any atom is -0.475 e. The van der Waals surface area contributed by atoms with Crippen LogP contribution in [-0.4, -0.2) is 31.6 Å². The van der Waals surface area contributed by atoms with Gasteiger partial charge in [0.25, 0.3) is 5.82 Å². The molecule has 8 heteroatoms. The Balaban J connectivity index is 2.18. The lowest BCUT2D eigenvalue weighted by Gasteiger charge is -2.11. The van der Waals surface area contributed by atoms with Crippen LogP contribution >= 0.6 is 34.2 Å². The Bertz CT molecular complexity index is 957. The number of carbonyl (C=O) groups is 2. The fourth-order valence-electron chi connectivity index (χ4n) is 2.33. The molecule has 0 spiro atoms. The molecular weight excluding hydrogens is 457 g/mol. The molecule has 0 aliphatic heterocycles. The minimum absolute atomic E-state index is 0.232. The Labute approximate surface area is 161 Å². The second kappa shape index (κ2) is 7.32. The van der Waals surface area contributed by atoms with E-state index in [9.17, 15) is 9.59 Å². The van der Waals surface area contributed by atoms with Crippen molar-refractivity contribution in [2.75, 3.05) is 0 Å². The van der Waals surface area contributed by atoms with Gasteiger partial charge < -0.3 is 5.11 Å². The van der Waals surface area contributed by atoms with Gasteiger partial charge in [-0.3, -0.25) is 4.79 Å². The van der Waals surface area contributed by atoms with Gasteiger partial charge in [-0.1, -0.05) is 64.5 Å². The van der Waals surface area contributed by atoms with Gasteiger partial charge in [0.05, 0.1) is 10.1 Å². The number of alkyl halides is 1. The molecule has 1 N–H and O–H groups in total. The van der Waals surface area contributed by atoms with E-state index in [1.165, 1.54) is 4.68 Å². The largest absolute Gasteiger partial charge is 0.475 e. The van der Waals surface area contributed by atoms with Crippen LogP contribution in [-0.2, 0) is 4.43 Å². The van der Waals surface area contributed by atoms with Gasteiger partial charge in [0.2, 0.25) is 0 Å². The Kier molecular flexibility index (Phi) is 5.14. The van der Waals surface area contributed by atoms with Crippen molar-refractivity contribution in [1.82, 2.24) is 14.8 Å². The zero-order valence-electron chi connectivity index (χ0n) is 12.7. The molecule has 0 saturated carbocycles. The summed E-state index contributed by atoms with van der Waals surface area (Å²) in [6.07, 6.45) is 0. The molecule has 3 rings (SSSR count). The molecular formula is C17H11ClIN3O3. The van der Waals surface area contributed by atoms with Crippen LogP contribution in [0.5, 0.6) is 0 Å². The molecule has 0 unspecified atom stereocenters. The van der Waals surface area contributed by atoms with Crippen molar-refractivity contribution in [1.29, 1.82) is 0 Å². The van der Waals surface area contributed by atoms with Crippen LogP contribution in [0.15, 0.2) is 48.5 Å². The number of aromatic nitrogens is 3. The number of halogens is 2. The number of nitrogens with zero attached hydrogens (tertiary/aromatic N) is 3. The number of hydrogen-bond donors (Lipinski definition) is 1. The monoisotopic (exact) mass is 467 g/mol. The molecule has 0 bridgehead atoms. The van der Waals surface area contributed by atoms with E-state index in [-0.39, 0.29) is 11.6 Å². The van der Waals surface area contributed by atoms with Gasteiger partial charge in [-0.15, -0.1) is 5.10 Å². The quantitative estimate of drug-likeness (QED) is 0.351. The van der Waals surface area contributed by atoms with E-state index in [4.69, 9.17) is 16.7 Å². The summed E-state index contributed by atoms with van der Waals surface area (Å²) < 4.78 is 1.81. The Hall–Kier alpha value is -2.26. The predicted octanol–water partition coefficient (Wildman–Crippen LogP) is 3.78. The average Bonchev–Trinajstić information content (AvgIpc) is 3.06. The summed E-state index contributed by atoms with van der Waals surface area (Å²) in [7, 11) is 0. The lowest BCUT2D eigenvalue weighted by atomic mass is 10.0. The molecule has 0 amide bonds. The summed E-state index contributed by atoms with van der Waals surface area (Å²) in [5.41, 5.74) is 1.26. The van der Waals surface area contributed by atoms with Crippen molar-refractivity contribution in [3.63, 3.8) is 0 Å². The first-order chi connectivity index (χ1) is 12.0. The summed E-state index contributed by atoms with van der Waals surface area (Å²) in [5.74, 6) is -1.35. The third kappa shape index (κ3) is 3.57. The molecule has 1 heterocycles. The highest BCUT2D eigenvalue weighted by atomic mass is 127. The van der Waals surface area contributed by atoms with Gasteiger partial charge in [-0.05, 0) is 18.2 Å². The summed E-state index contributed by atoms with van der Waals surface area (Å²) >= 11 is 8.13. The van der Waals surface area contributed by atoms with E-state index in [2.05, 4.69) is 32.7 Å². The molecule has 25 heavy (non-hydrogen) atoms. The number of aromatic carboxylic acids is 1. The predicted molar refractivity (Wildman–Crippen MR) is 101 cm³/mol. The molecule has 1 aromatic heterocycles. The second-order valence-corrected chi connectivity index (χ2v) is 6.26. The number of carbonyl (C=O) groups excluding carboxylic acids is 1. The highest BCUT2D eigenvalue weighted by Crippen LogP contribution is 2.24. The third-order valence-corrected chi connectivity index (χ3v) is 4.37. The van der Waals surface area contributed by atoms with E-state index in [1.807, 2.05) is 6.07 Å². The summed E-state index contributed by atoms with van der Waals surface area (Å²) in [4.78, 5) is 28.1. The highest BCUT2D eigenvalue weighted by molar-refractivity contribution is 14.1. The van der Waals surface area contributed by atoms with Crippen LogP contribution in [0, 0.1) is 0 Å². The summed E-state index contributed by atoms with van der Waals surface area (Å²) in [6.45, 7) is 0. The van der Waals surface area contributed by atoms with Gasteiger partial charge in [0.1, 0.15) is 5.82 Å². The van der Waals surface area contributed by atoms with Crippen LogP contribution in [0.25, 0.3) is 5.69 Å². The number of carboxylic acid groups (broad SMARTS) is 1. The first kappa shape index (κ1) is 17.6. The van der Waals surface area contributed by atoms with Gasteiger partial charge in [-0.25, -0.2) is 14.5 Å². The van der Waals surface area contributed by atoms with Gasteiger partial charge in [-0.2, -0.15) is 0 Å². The number of carboxylic acids is 1. The SMILES string of the molecule is O=C(O)c1nc(CI)n(-c2ccc(Cl)cc2C(=O)c2ccccc2)n1. The lowest BCUT2D eigenvalue weighted by molar-refractivity contribution is 0.0683. The number of hydrogen-bond acceptors (Lipinski definition) is 4. The van der Waals surface area contributed by atoms with E-state index in [0.29, 0.717) is 32.1 Å². The fraction of sp³-hybridized carbons (Fsp3) is 0.0588. The zero-order chi connectivity index (χ0) is 18.0. The molecule has 0 fully saturated rings. The van der Waals surface area contributed by atoms with Crippen molar-refractivity contribution in [2.45, 2.75) is 4.43 Å². The first-order valence-electron chi connectivity index (χ1n) is 7.16. The third-order valence-electron chi connectivity index (χ3n) is 3.45. The maximum atomic E-state index is 12.9. The Morgan fingerprint density at radius 2 is 1.88 bits per heavy atom. The number of rotatable bonds is 5. The van der Waals surface area contributed by atoms with E-state index >= 15 is 0 Å². The first-order valence-corrected chi connectivity index (χ1v) is 9.06. The minimum atomic E-state index is -1.23. The van der Waals surface area contributed by atoms with Crippen molar-refractivity contribution in [3.05, 3.63) is 76.3 Å². The van der Waals surface area contributed by atoms with E-state index in [0.717, 1.165) is 0 Å². The van der Waals surface area contributed by atoms with Crippen molar-refractivity contribution in [3.8, 4) is 5.69 Å². The van der Waals surface area contributed by atoms with Crippen LogP contribution in [0.1, 0.15) is 32.4 Å². The van der Waals surface area contributed by atoms with Crippen LogP contribution in [0.3, 0.4) is 0 Å². The standard InChI is InChI=1S/C17H11ClIN3O3/c18-11-6-7-13(22-14(9-19)20-16(21-22)17(24)25)12(8-11)15(23)10-4-2-1-3-5-10/h1-8H,9H2,(H,24,25). The molecule has 2 aromatic carbocycles. The molecule has 126 valence electrons. The Morgan fingerprint density at radius 3 is 2.52 bits per heavy atom. The summed E-state index contributed by atoms with van der Waals surface area (Å²) in [6, 6.07) is 13.6. The average molecular weight is 468 g/mol. The maximum Gasteiger partial charge on any atom is 0.375 e. The van der Waals surface area contributed by atoms with E-state index in [1.54, 1.807) is 42.5 Å². The van der Waals surface area contributed by atoms with Gasteiger partial charge >= 0.3 is 5.97 Å². The highest BCUT2D eigenvalue weighted by Gasteiger charge is 2.21. The lowest BCUT2D eigenvalue weighted by Crippen LogP contribution is -2.11. The molecule has 3 aromatic rings. The summed E-state index contributed by atoms with van der Waals surface area (Å²) in [5, 5.41) is 13.6. The Morgan fingerprint density at radius 1 is 1.16 bits per heavy atom. The van der Waals surface area contributed by atoms with E-state index < -0.39 is 5.97 Å². The van der Waals surface area contributed by atoms with Crippen LogP contribution < -0.4 is 0 Å². The topological polar surface area (TPSA) is 85.1 Å². The smallest absolute Gasteiger partial charge is 0.375 e. The molecule has 6 nitrogen and oxygen atoms in total. The number of benzene rings is 2. The van der Waals surface area contributed by atoms with Crippen LogP contribution in [0.4, 0.5) is 0 Å². The van der Waals surface area contributed by atoms with Crippen molar-refractivity contribution >= 4 is 45.9 Å². The normalized spacial score (nSPS) is 10.6. The molecule has 0 radical (unpaired) electrons. The molecule has 0 saturated heterocycles. The number of ketones is 1. The second-order valence-electron chi connectivity index (χ2n) is 5.06. The maximum absolute atomic E-state index is 12.9. The molecule has 0 aliphatic carbocycles. The molecule has 0 atom stereocenters. The van der Waals surface area contributed by atoms with Crippen molar-refractivity contribution in [2.24, 2.45) is 0 Å². The fourth-order valence-corrected chi connectivity index (χ4v) is 3.00.